The zero-order valence-electron chi connectivity index (χ0n) is 11.8. The first-order valence-corrected chi connectivity index (χ1v) is 7.26. The monoisotopic (exact) mass is 257 g/mol. The molecule has 0 N–H and O–H groups in total. The van der Waals surface area contributed by atoms with Gasteiger partial charge in [-0.3, -0.25) is 4.90 Å². The molecule has 0 amide bonds. The van der Waals surface area contributed by atoms with Gasteiger partial charge in [-0.25, -0.2) is 0 Å². The molecule has 3 atom stereocenters. The highest BCUT2D eigenvalue weighted by molar-refractivity contribution is 6.34. The molecule has 2 aliphatic heterocycles. The maximum Gasteiger partial charge on any atom is 0.344 e. The summed E-state index contributed by atoms with van der Waals surface area (Å²) in [6.45, 7) is 6.51. The van der Waals surface area contributed by atoms with Gasteiger partial charge in [0.1, 0.15) is 17.6 Å². The van der Waals surface area contributed by atoms with Crippen molar-refractivity contribution in [2.24, 2.45) is 5.92 Å². The third-order valence-electron chi connectivity index (χ3n) is 5.05. The minimum Gasteiger partial charge on any atom is -0.563 e. The average Bonchev–Trinajstić information content (AvgIpc) is 3.02. The number of hydrogen-bond acceptors (Lipinski definition) is 3. The van der Waals surface area contributed by atoms with Crippen LogP contribution >= 0.6 is 0 Å². The van der Waals surface area contributed by atoms with E-state index in [1.54, 1.807) is 0 Å². The van der Waals surface area contributed by atoms with Gasteiger partial charge in [-0.2, -0.15) is 0 Å². The zero-order chi connectivity index (χ0) is 13.1. The summed E-state index contributed by atoms with van der Waals surface area (Å²) in [6.07, 6.45) is 0.345. The Balaban J connectivity index is 1.60. The van der Waals surface area contributed by atoms with E-state index in [1.807, 2.05) is 0 Å². The van der Waals surface area contributed by atoms with Crippen LogP contribution < -0.4 is 9.39 Å². The van der Waals surface area contributed by atoms with E-state index in [9.17, 15) is 0 Å². The summed E-state index contributed by atoms with van der Waals surface area (Å²) in [5, 5.41) is 0. The van der Waals surface area contributed by atoms with Gasteiger partial charge in [0.2, 0.25) is 0 Å². The Labute approximate surface area is 115 Å². The van der Waals surface area contributed by atoms with Crippen molar-refractivity contribution in [3.8, 4) is 11.5 Å². The van der Waals surface area contributed by atoms with E-state index in [0.29, 0.717) is 6.10 Å². The van der Waals surface area contributed by atoms with Gasteiger partial charge in [-0.05, 0) is 43.3 Å². The topological polar surface area (TPSA) is 21.7 Å². The van der Waals surface area contributed by atoms with Gasteiger partial charge in [-0.1, -0.05) is 13.0 Å². The molecule has 0 spiro atoms. The molecule has 0 bridgehead atoms. The molecule has 1 saturated heterocycles. The van der Waals surface area contributed by atoms with Crippen LogP contribution in [0.4, 0.5) is 0 Å². The minimum absolute atomic E-state index is 0.345. The standard InChI is InChI=1S/C15H20BNO2/c1-8-12(18-10-6-17(3)7-10)5-4-11-13-9(2)14(13)16-19-15(8)11/h4-5,9-10,13-14,16H,6-7H2,1-3H3. The molecule has 2 fully saturated rings. The number of likely N-dealkylation sites (tertiary alicyclic amines) is 1. The molecule has 1 aliphatic carbocycles. The lowest BCUT2D eigenvalue weighted by Gasteiger charge is -2.36. The van der Waals surface area contributed by atoms with E-state index in [-0.39, 0.29) is 0 Å². The molecule has 3 aliphatic rings. The van der Waals surface area contributed by atoms with Gasteiger partial charge in [-0.15, -0.1) is 0 Å². The molecular formula is C15H20BNO2. The van der Waals surface area contributed by atoms with Crippen molar-refractivity contribution in [3.05, 3.63) is 23.3 Å². The Bertz CT molecular complexity index is 527. The van der Waals surface area contributed by atoms with Gasteiger partial charge < -0.3 is 9.39 Å². The van der Waals surface area contributed by atoms with Crippen LogP contribution in [0.5, 0.6) is 11.5 Å². The zero-order valence-corrected chi connectivity index (χ0v) is 11.8. The summed E-state index contributed by atoms with van der Waals surface area (Å²) >= 11 is 0. The summed E-state index contributed by atoms with van der Waals surface area (Å²) in [6, 6.07) is 4.36. The van der Waals surface area contributed by atoms with Gasteiger partial charge in [0.25, 0.3) is 0 Å². The first-order valence-electron chi connectivity index (χ1n) is 7.26. The Hall–Kier alpha value is -1.16. The summed E-state index contributed by atoms with van der Waals surface area (Å²) in [4.78, 5) is 2.27. The molecule has 4 rings (SSSR count). The van der Waals surface area contributed by atoms with Gasteiger partial charge in [0.15, 0.2) is 0 Å². The largest absolute Gasteiger partial charge is 0.563 e. The second kappa shape index (κ2) is 3.92. The third-order valence-corrected chi connectivity index (χ3v) is 5.05. The Morgan fingerprint density at radius 1 is 1.37 bits per heavy atom. The molecule has 100 valence electrons. The van der Waals surface area contributed by atoms with Crippen LogP contribution in [0.15, 0.2) is 12.1 Å². The fraction of sp³-hybridized carbons (Fsp3) is 0.600. The number of likely N-dealkylation sites (N-methyl/N-ethyl adjacent to an activating group) is 1. The smallest absolute Gasteiger partial charge is 0.344 e. The van der Waals surface area contributed by atoms with E-state index in [2.05, 4.69) is 37.9 Å². The summed E-state index contributed by atoms with van der Waals surface area (Å²) < 4.78 is 12.1. The quantitative estimate of drug-likeness (QED) is 0.756. The van der Waals surface area contributed by atoms with Crippen LogP contribution in [0.1, 0.15) is 24.0 Å². The van der Waals surface area contributed by atoms with E-state index in [1.165, 1.54) is 11.1 Å². The van der Waals surface area contributed by atoms with Crippen LogP contribution in [-0.2, 0) is 0 Å². The molecule has 19 heavy (non-hydrogen) atoms. The number of hydrogen-bond donors (Lipinski definition) is 0. The number of nitrogens with zero attached hydrogens (tertiary/aromatic N) is 1. The predicted octanol–water partition coefficient (Wildman–Crippen LogP) is 1.95. The van der Waals surface area contributed by atoms with E-state index < -0.39 is 0 Å². The number of benzene rings is 1. The van der Waals surface area contributed by atoms with Gasteiger partial charge in [0.05, 0.1) is 0 Å². The molecule has 1 saturated carbocycles. The number of ether oxygens (including phenoxy) is 1. The second-order valence-electron chi connectivity index (χ2n) is 6.43. The van der Waals surface area contributed by atoms with Gasteiger partial charge >= 0.3 is 7.48 Å². The fourth-order valence-corrected chi connectivity index (χ4v) is 3.67. The molecule has 0 aromatic heterocycles. The molecule has 1 aromatic rings. The van der Waals surface area contributed by atoms with Crippen molar-refractivity contribution < 1.29 is 9.39 Å². The molecule has 1 aromatic carbocycles. The predicted molar refractivity (Wildman–Crippen MR) is 76.5 cm³/mol. The van der Waals surface area contributed by atoms with E-state index >= 15 is 0 Å². The van der Waals surface area contributed by atoms with Crippen LogP contribution in [0.2, 0.25) is 5.82 Å². The molecule has 4 heteroatoms. The van der Waals surface area contributed by atoms with Crippen LogP contribution in [0.3, 0.4) is 0 Å². The van der Waals surface area contributed by atoms with Crippen molar-refractivity contribution in [2.45, 2.75) is 31.7 Å². The van der Waals surface area contributed by atoms with Crippen molar-refractivity contribution >= 4 is 7.48 Å². The van der Waals surface area contributed by atoms with Crippen molar-refractivity contribution in [1.29, 1.82) is 0 Å². The fourth-order valence-electron chi connectivity index (χ4n) is 3.67. The third kappa shape index (κ3) is 1.69. The van der Waals surface area contributed by atoms with Crippen LogP contribution in [0, 0.1) is 12.8 Å². The maximum atomic E-state index is 6.07. The number of fused-ring (bicyclic) bond motifs is 3. The van der Waals surface area contributed by atoms with E-state index in [0.717, 1.165) is 49.7 Å². The first kappa shape index (κ1) is 11.7. The molecule has 3 unspecified atom stereocenters. The molecular weight excluding hydrogens is 237 g/mol. The second-order valence-corrected chi connectivity index (χ2v) is 6.43. The highest BCUT2D eigenvalue weighted by Gasteiger charge is 2.53. The van der Waals surface area contributed by atoms with Gasteiger partial charge in [0, 0.05) is 18.7 Å². The van der Waals surface area contributed by atoms with Crippen LogP contribution in [-0.4, -0.2) is 38.6 Å². The molecule has 2 heterocycles. The van der Waals surface area contributed by atoms with Crippen molar-refractivity contribution in [2.75, 3.05) is 20.1 Å². The lowest BCUT2D eigenvalue weighted by molar-refractivity contribution is 0.0382. The highest BCUT2D eigenvalue weighted by Crippen LogP contribution is 2.63. The molecule has 3 nitrogen and oxygen atoms in total. The van der Waals surface area contributed by atoms with Crippen molar-refractivity contribution in [1.82, 2.24) is 4.90 Å². The summed E-state index contributed by atoms with van der Waals surface area (Å²) in [7, 11) is 3.01. The van der Waals surface area contributed by atoms with Crippen LogP contribution in [0.25, 0.3) is 0 Å². The Kier molecular flexibility index (Phi) is 2.40. The van der Waals surface area contributed by atoms with Crippen molar-refractivity contribution in [3.63, 3.8) is 0 Å². The first-order chi connectivity index (χ1) is 9.15. The molecule has 0 radical (unpaired) electrons. The number of rotatable bonds is 2. The lowest BCUT2D eigenvalue weighted by atomic mass is 9.84. The maximum absolute atomic E-state index is 6.07. The average molecular weight is 257 g/mol. The SMILES string of the molecule is Cc1c(OC2CN(C)C2)ccc2c1OBC1C(C)C21. The highest BCUT2D eigenvalue weighted by atomic mass is 16.5. The minimum atomic E-state index is 0.345. The summed E-state index contributed by atoms with van der Waals surface area (Å²) in [5.41, 5.74) is 2.59. The Morgan fingerprint density at radius 2 is 2.16 bits per heavy atom. The van der Waals surface area contributed by atoms with E-state index in [4.69, 9.17) is 9.39 Å². The lowest BCUT2D eigenvalue weighted by Crippen LogP contribution is -2.51. The normalized spacial score (nSPS) is 32.5. The summed E-state index contributed by atoms with van der Waals surface area (Å²) in [5.74, 6) is 4.36. The Morgan fingerprint density at radius 3 is 2.89 bits per heavy atom.